The van der Waals surface area contributed by atoms with E-state index in [1.54, 1.807) is 20.9 Å². The summed E-state index contributed by atoms with van der Waals surface area (Å²) in [5, 5.41) is 14.7. The zero-order valence-corrected chi connectivity index (χ0v) is 12.5. The lowest BCUT2D eigenvalue weighted by Crippen LogP contribution is -2.14. The van der Waals surface area contributed by atoms with Crippen LogP contribution in [-0.2, 0) is 17.1 Å². The number of nitro groups is 1. The van der Waals surface area contributed by atoms with Crippen LogP contribution in [0.2, 0.25) is 0 Å². The summed E-state index contributed by atoms with van der Waals surface area (Å²) in [4.78, 5) is 10.2. The van der Waals surface area contributed by atoms with Gasteiger partial charge < -0.3 is 0 Å². The molecule has 0 spiro atoms. The van der Waals surface area contributed by atoms with E-state index in [0.29, 0.717) is 16.9 Å². The number of nitrogens with one attached hydrogen (secondary N) is 1. The second-order valence-corrected chi connectivity index (χ2v) is 6.27. The lowest BCUT2D eigenvalue weighted by Gasteiger charge is -2.09. The highest BCUT2D eigenvalue weighted by molar-refractivity contribution is 7.92. The molecule has 8 nitrogen and oxygen atoms in total. The molecular weight excluding hydrogens is 296 g/mol. The third kappa shape index (κ3) is 3.02. The number of hydrogen-bond donors (Lipinski definition) is 1. The van der Waals surface area contributed by atoms with Crippen molar-refractivity contribution in [2.24, 2.45) is 7.05 Å². The first kappa shape index (κ1) is 15.0. The van der Waals surface area contributed by atoms with Crippen LogP contribution >= 0.6 is 0 Å². The molecule has 2 aromatic rings. The van der Waals surface area contributed by atoms with Gasteiger partial charge in [0.2, 0.25) is 0 Å². The minimum Gasteiger partial charge on any atom is -0.279 e. The molecule has 2 rings (SSSR count). The minimum atomic E-state index is -3.78. The Morgan fingerprint density at radius 2 is 2.00 bits per heavy atom. The van der Waals surface area contributed by atoms with E-state index in [1.165, 1.54) is 29.1 Å². The molecule has 0 aliphatic heterocycles. The number of hydrogen-bond acceptors (Lipinski definition) is 5. The molecule has 0 radical (unpaired) electrons. The number of nitro benzene ring substituents is 1. The summed E-state index contributed by atoms with van der Waals surface area (Å²) in [6.07, 6.45) is 1.40. The van der Waals surface area contributed by atoms with Crippen molar-refractivity contribution >= 4 is 21.4 Å². The van der Waals surface area contributed by atoms with Gasteiger partial charge in [0.25, 0.3) is 15.7 Å². The van der Waals surface area contributed by atoms with E-state index in [1.807, 2.05) is 0 Å². The van der Waals surface area contributed by atoms with Crippen molar-refractivity contribution in [3.8, 4) is 0 Å². The number of anilines is 1. The molecule has 21 heavy (non-hydrogen) atoms. The first-order valence-electron chi connectivity index (χ1n) is 5.99. The third-order valence-electron chi connectivity index (χ3n) is 2.92. The van der Waals surface area contributed by atoms with Gasteiger partial charge in [-0.3, -0.25) is 19.5 Å². The third-order valence-corrected chi connectivity index (χ3v) is 4.39. The van der Waals surface area contributed by atoms with E-state index in [4.69, 9.17) is 0 Å². The predicted molar refractivity (Wildman–Crippen MR) is 76.6 cm³/mol. The molecule has 1 heterocycles. The molecule has 1 aromatic carbocycles. The fourth-order valence-corrected chi connectivity index (χ4v) is 3.27. The second kappa shape index (κ2) is 5.17. The maximum absolute atomic E-state index is 12.3. The molecule has 0 atom stereocenters. The number of benzene rings is 1. The molecule has 0 saturated carbocycles. The van der Waals surface area contributed by atoms with Crippen molar-refractivity contribution in [1.82, 2.24) is 9.78 Å². The Morgan fingerprint density at radius 3 is 2.48 bits per heavy atom. The smallest absolute Gasteiger partial charge is 0.269 e. The molecule has 0 bridgehead atoms. The van der Waals surface area contributed by atoms with Gasteiger partial charge in [-0.1, -0.05) is 0 Å². The molecule has 0 saturated heterocycles. The maximum atomic E-state index is 12.3. The van der Waals surface area contributed by atoms with Gasteiger partial charge in [0.05, 0.1) is 16.3 Å². The summed E-state index contributed by atoms with van der Waals surface area (Å²) in [5.74, 6) is 0. The van der Waals surface area contributed by atoms with Crippen LogP contribution in [0.1, 0.15) is 11.3 Å². The second-order valence-electron chi connectivity index (χ2n) is 4.61. The monoisotopic (exact) mass is 310 g/mol. The average molecular weight is 310 g/mol. The molecule has 1 aromatic heterocycles. The number of aryl methyl sites for hydroxylation is 3. The highest BCUT2D eigenvalue weighted by atomic mass is 32.2. The van der Waals surface area contributed by atoms with Crippen LogP contribution < -0.4 is 4.72 Å². The Labute approximate surface area is 121 Å². The van der Waals surface area contributed by atoms with Gasteiger partial charge in [0.15, 0.2) is 0 Å². The molecule has 0 unspecified atom stereocenters. The fraction of sp³-hybridized carbons (Fsp3) is 0.250. The van der Waals surface area contributed by atoms with E-state index >= 15 is 0 Å². The topological polar surface area (TPSA) is 107 Å². The number of nitrogens with zero attached hydrogens (tertiary/aromatic N) is 3. The zero-order valence-electron chi connectivity index (χ0n) is 11.7. The van der Waals surface area contributed by atoms with Gasteiger partial charge in [0.1, 0.15) is 4.90 Å². The van der Waals surface area contributed by atoms with E-state index < -0.39 is 14.9 Å². The van der Waals surface area contributed by atoms with Crippen LogP contribution in [0.4, 0.5) is 11.4 Å². The number of sulfonamides is 1. The molecule has 9 heteroatoms. The lowest BCUT2D eigenvalue weighted by atomic mass is 10.2. The summed E-state index contributed by atoms with van der Waals surface area (Å²) in [7, 11) is -2.15. The van der Waals surface area contributed by atoms with Crippen LogP contribution in [0.15, 0.2) is 29.3 Å². The first-order chi connectivity index (χ1) is 9.70. The number of non-ortho nitro benzene ring substituents is 1. The zero-order chi connectivity index (χ0) is 15.8. The summed E-state index contributed by atoms with van der Waals surface area (Å²) >= 11 is 0. The highest BCUT2D eigenvalue weighted by Gasteiger charge is 2.21. The van der Waals surface area contributed by atoms with Crippen molar-refractivity contribution in [3.63, 3.8) is 0 Å². The van der Waals surface area contributed by atoms with E-state index in [9.17, 15) is 18.5 Å². The average Bonchev–Trinajstić information content (AvgIpc) is 2.71. The summed E-state index contributed by atoms with van der Waals surface area (Å²) in [6.45, 7) is 3.19. The van der Waals surface area contributed by atoms with Crippen LogP contribution in [0.25, 0.3) is 0 Å². The predicted octanol–water partition coefficient (Wildman–Crippen LogP) is 1.75. The van der Waals surface area contributed by atoms with Gasteiger partial charge in [-0.05, 0) is 25.5 Å². The maximum Gasteiger partial charge on any atom is 0.269 e. The Hall–Kier alpha value is -2.42. The van der Waals surface area contributed by atoms with Gasteiger partial charge in [0, 0.05) is 25.4 Å². The molecule has 1 N–H and O–H groups in total. The standard InChI is InChI=1S/C12H14N4O4S/c1-8-6-10(16(17)18)4-5-11(8)14-21(19,20)12-7-15(3)13-9(12)2/h4-7,14H,1-3H3. The Balaban J connectivity index is 2.37. The van der Waals surface area contributed by atoms with Gasteiger partial charge >= 0.3 is 0 Å². The molecule has 0 amide bonds. The van der Waals surface area contributed by atoms with Gasteiger partial charge in [-0.2, -0.15) is 5.10 Å². The van der Waals surface area contributed by atoms with Crippen molar-refractivity contribution in [2.75, 3.05) is 4.72 Å². The summed E-state index contributed by atoms with van der Waals surface area (Å²) in [6, 6.07) is 3.94. The molecule has 0 aliphatic rings. The summed E-state index contributed by atoms with van der Waals surface area (Å²) in [5.41, 5.74) is 1.05. The van der Waals surface area contributed by atoms with Crippen LogP contribution in [0.5, 0.6) is 0 Å². The van der Waals surface area contributed by atoms with Crippen LogP contribution in [0.3, 0.4) is 0 Å². The quantitative estimate of drug-likeness (QED) is 0.683. The van der Waals surface area contributed by atoms with Crippen LogP contribution in [0, 0.1) is 24.0 Å². The van der Waals surface area contributed by atoms with E-state index in [0.717, 1.165) is 0 Å². The van der Waals surface area contributed by atoms with Crippen molar-refractivity contribution in [1.29, 1.82) is 0 Å². The SMILES string of the molecule is Cc1cc([N+](=O)[O-])ccc1NS(=O)(=O)c1cn(C)nc1C. The first-order valence-corrected chi connectivity index (χ1v) is 7.47. The number of rotatable bonds is 4. The van der Waals surface area contributed by atoms with Gasteiger partial charge in [-0.25, -0.2) is 8.42 Å². The van der Waals surface area contributed by atoms with Crippen molar-refractivity contribution in [2.45, 2.75) is 18.7 Å². The fourth-order valence-electron chi connectivity index (χ4n) is 1.92. The summed E-state index contributed by atoms with van der Waals surface area (Å²) < 4.78 is 28.4. The Bertz CT molecular complexity index is 811. The van der Waals surface area contributed by atoms with E-state index in [-0.39, 0.29) is 10.6 Å². The highest BCUT2D eigenvalue weighted by Crippen LogP contribution is 2.24. The lowest BCUT2D eigenvalue weighted by molar-refractivity contribution is -0.384. The van der Waals surface area contributed by atoms with Crippen LogP contribution in [-0.4, -0.2) is 23.1 Å². The molecule has 0 fully saturated rings. The van der Waals surface area contributed by atoms with E-state index in [2.05, 4.69) is 9.82 Å². The minimum absolute atomic E-state index is 0.0720. The Kier molecular flexibility index (Phi) is 3.69. The normalized spacial score (nSPS) is 11.4. The molecular formula is C12H14N4O4S. The van der Waals surface area contributed by atoms with Crippen molar-refractivity contribution in [3.05, 3.63) is 45.8 Å². The molecule has 0 aliphatic carbocycles. The largest absolute Gasteiger partial charge is 0.279 e. The number of aromatic nitrogens is 2. The Morgan fingerprint density at radius 1 is 1.33 bits per heavy atom. The van der Waals surface area contributed by atoms with Gasteiger partial charge in [-0.15, -0.1) is 0 Å². The molecule has 112 valence electrons. The van der Waals surface area contributed by atoms with Crippen molar-refractivity contribution < 1.29 is 13.3 Å².